The number of nitrogens with zero attached hydrogens (tertiary/aromatic N) is 1. The van der Waals surface area contributed by atoms with Gasteiger partial charge in [0, 0.05) is 30.4 Å². The monoisotopic (exact) mass is 494 g/mol. The maximum atomic E-state index is 12.7. The zero-order chi connectivity index (χ0) is 25.5. The summed E-state index contributed by atoms with van der Waals surface area (Å²) in [5.41, 5.74) is -0.878. The van der Waals surface area contributed by atoms with Crippen LogP contribution in [0.1, 0.15) is 36.7 Å². The van der Waals surface area contributed by atoms with E-state index in [4.69, 9.17) is 9.84 Å². The van der Waals surface area contributed by atoms with Crippen molar-refractivity contribution < 1.29 is 32.8 Å². The van der Waals surface area contributed by atoms with Gasteiger partial charge in [-0.1, -0.05) is 12.1 Å². The lowest BCUT2D eigenvalue weighted by Crippen LogP contribution is -2.37. The Labute approximate surface area is 196 Å². The van der Waals surface area contributed by atoms with Gasteiger partial charge in [-0.15, -0.1) is 0 Å². The topological polar surface area (TPSA) is 177 Å². The van der Waals surface area contributed by atoms with Gasteiger partial charge in [-0.05, 0) is 50.6 Å². The number of nitro groups is 1. The van der Waals surface area contributed by atoms with Crippen LogP contribution in [0.3, 0.4) is 0 Å². The quantitative estimate of drug-likeness (QED) is 0.233. The predicted octanol–water partition coefficient (Wildman–Crippen LogP) is 2.14. The summed E-state index contributed by atoms with van der Waals surface area (Å²) in [4.78, 5) is 33.9. The average molecular weight is 495 g/mol. The molecule has 2 aromatic carbocycles. The van der Waals surface area contributed by atoms with Crippen molar-refractivity contribution in [3.05, 3.63) is 63.7 Å². The molecule has 4 N–H and O–H groups in total. The lowest BCUT2D eigenvalue weighted by molar-refractivity contribution is -0.387. The molecule has 0 atom stereocenters. The molecule has 2 aromatic rings. The van der Waals surface area contributed by atoms with Crippen molar-refractivity contribution in [2.45, 2.75) is 37.9 Å². The number of nitro benzene ring substituents is 1. The van der Waals surface area contributed by atoms with Crippen LogP contribution in [0, 0.1) is 10.1 Å². The first-order valence-corrected chi connectivity index (χ1v) is 11.6. The Morgan fingerprint density at radius 3 is 2.24 bits per heavy atom. The molecule has 12 nitrogen and oxygen atoms in total. The second kappa shape index (κ2) is 10.9. The van der Waals surface area contributed by atoms with Gasteiger partial charge in [0.1, 0.15) is 5.60 Å². The molecule has 0 spiro atoms. The van der Waals surface area contributed by atoms with Crippen LogP contribution in [0.4, 0.5) is 16.2 Å². The van der Waals surface area contributed by atoms with Gasteiger partial charge in [-0.2, -0.15) is 0 Å². The molecule has 0 unspecified atom stereocenters. The first kappa shape index (κ1) is 26.5. The number of carbonyl (C=O) groups is 2. The third-order valence-corrected chi connectivity index (χ3v) is 5.60. The normalized spacial score (nSPS) is 11.4. The number of hydrogen-bond donors (Lipinski definition) is 4. The molecule has 184 valence electrons. The van der Waals surface area contributed by atoms with E-state index in [9.17, 15) is 28.1 Å². The number of benzene rings is 2. The van der Waals surface area contributed by atoms with Gasteiger partial charge in [0.15, 0.2) is 4.90 Å². The molecule has 2 amide bonds. The Morgan fingerprint density at radius 1 is 1.06 bits per heavy atom. The summed E-state index contributed by atoms with van der Waals surface area (Å²) in [6, 6.07) is 8.78. The molecule has 34 heavy (non-hydrogen) atoms. The van der Waals surface area contributed by atoms with Gasteiger partial charge in [0.05, 0.1) is 11.5 Å². The minimum absolute atomic E-state index is 0.0112. The van der Waals surface area contributed by atoms with Gasteiger partial charge in [0.2, 0.25) is 0 Å². The fourth-order valence-electron chi connectivity index (χ4n) is 2.67. The number of ether oxygens (including phenoxy) is 1. The molecule has 0 aromatic heterocycles. The standard InChI is InChI=1S/C21H26N4O8S/c1-21(2,3)33-20(28)23-11-10-22-19(27)15-6-9-18(17(12-15)25(29)30)34(31,32)24-16-7-4-14(13-26)5-8-16/h4-9,12,24,26H,10-11,13H2,1-3H3,(H,22,27)(H,23,28). The molecule has 0 fully saturated rings. The van der Waals surface area contributed by atoms with E-state index in [0.29, 0.717) is 5.56 Å². The second-order valence-electron chi connectivity index (χ2n) is 8.08. The van der Waals surface area contributed by atoms with Gasteiger partial charge >= 0.3 is 6.09 Å². The molecule has 13 heteroatoms. The number of anilines is 1. The number of amides is 2. The number of alkyl carbamates (subject to hydrolysis) is 1. The van der Waals surface area contributed by atoms with Gasteiger partial charge in [-0.3, -0.25) is 19.6 Å². The highest BCUT2D eigenvalue weighted by atomic mass is 32.2. The Morgan fingerprint density at radius 2 is 1.68 bits per heavy atom. The molecular weight excluding hydrogens is 468 g/mol. The molecule has 0 aliphatic heterocycles. The van der Waals surface area contributed by atoms with Crippen LogP contribution in [0.15, 0.2) is 47.4 Å². The lowest BCUT2D eigenvalue weighted by atomic mass is 10.2. The van der Waals surface area contributed by atoms with Crippen molar-refractivity contribution in [2.24, 2.45) is 0 Å². The number of aliphatic hydroxyl groups is 1. The summed E-state index contributed by atoms with van der Waals surface area (Å²) in [5.74, 6) is -0.689. The van der Waals surface area contributed by atoms with Crippen LogP contribution in [0.2, 0.25) is 0 Å². The summed E-state index contributed by atoms with van der Waals surface area (Å²) in [5, 5.41) is 25.5. The van der Waals surface area contributed by atoms with Crippen molar-refractivity contribution in [2.75, 3.05) is 17.8 Å². The number of nitrogens with one attached hydrogen (secondary N) is 3. The third kappa shape index (κ3) is 7.71. The zero-order valence-electron chi connectivity index (χ0n) is 18.8. The van der Waals surface area contributed by atoms with Crippen molar-refractivity contribution in [1.82, 2.24) is 10.6 Å². The van der Waals surface area contributed by atoms with Crippen molar-refractivity contribution in [3.63, 3.8) is 0 Å². The fourth-order valence-corrected chi connectivity index (χ4v) is 3.89. The molecule has 0 saturated heterocycles. The minimum atomic E-state index is -4.34. The maximum Gasteiger partial charge on any atom is 0.407 e. The molecule has 0 radical (unpaired) electrons. The largest absolute Gasteiger partial charge is 0.444 e. The zero-order valence-corrected chi connectivity index (χ0v) is 19.6. The third-order valence-electron chi connectivity index (χ3n) is 4.17. The van der Waals surface area contributed by atoms with E-state index in [1.165, 1.54) is 24.3 Å². The number of sulfonamides is 1. The van der Waals surface area contributed by atoms with Crippen LogP contribution in [-0.4, -0.2) is 49.1 Å². The Balaban J connectivity index is 2.09. The van der Waals surface area contributed by atoms with E-state index >= 15 is 0 Å². The van der Waals surface area contributed by atoms with Gasteiger partial charge in [-0.25, -0.2) is 13.2 Å². The Bertz CT molecular complexity index is 1160. The van der Waals surface area contributed by atoms with Crippen LogP contribution in [0.25, 0.3) is 0 Å². The second-order valence-corrected chi connectivity index (χ2v) is 9.74. The average Bonchev–Trinajstić information content (AvgIpc) is 2.75. The molecule has 0 aliphatic rings. The van der Waals surface area contributed by atoms with Crippen LogP contribution < -0.4 is 15.4 Å². The highest BCUT2D eigenvalue weighted by molar-refractivity contribution is 7.92. The summed E-state index contributed by atoms with van der Waals surface area (Å²) in [7, 11) is -4.34. The number of aliphatic hydroxyl groups excluding tert-OH is 1. The van der Waals surface area contributed by atoms with E-state index in [0.717, 1.165) is 18.2 Å². The van der Waals surface area contributed by atoms with E-state index in [2.05, 4.69) is 15.4 Å². The molecule has 2 rings (SSSR count). The smallest absolute Gasteiger partial charge is 0.407 e. The highest BCUT2D eigenvalue weighted by Crippen LogP contribution is 2.27. The maximum absolute atomic E-state index is 12.7. The number of carbonyl (C=O) groups excluding carboxylic acids is 2. The molecular formula is C21H26N4O8S. The van der Waals surface area contributed by atoms with Gasteiger partial charge in [0.25, 0.3) is 21.6 Å². The van der Waals surface area contributed by atoms with Gasteiger partial charge < -0.3 is 20.5 Å². The van der Waals surface area contributed by atoms with Crippen LogP contribution in [-0.2, 0) is 21.4 Å². The summed E-state index contributed by atoms with van der Waals surface area (Å²) in [6.07, 6.45) is -0.662. The van der Waals surface area contributed by atoms with Crippen molar-refractivity contribution in [3.8, 4) is 0 Å². The number of hydrogen-bond acceptors (Lipinski definition) is 8. The summed E-state index contributed by atoms with van der Waals surface area (Å²) < 4.78 is 32.7. The van der Waals surface area contributed by atoms with E-state index < -0.39 is 43.1 Å². The number of rotatable bonds is 9. The van der Waals surface area contributed by atoms with E-state index in [1.807, 2.05) is 0 Å². The SMILES string of the molecule is CC(C)(C)OC(=O)NCCNC(=O)c1ccc(S(=O)(=O)Nc2ccc(CO)cc2)c([N+](=O)[O-])c1. The van der Waals surface area contributed by atoms with Crippen LogP contribution >= 0.6 is 0 Å². The van der Waals surface area contributed by atoms with Crippen LogP contribution in [0.5, 0.6) is 0 Å². The fraction of sp³-hybridized carbons (Fsp3) is 0.333. The highest BCUT2D eigenvalue weighted by Gasteiger charge is 2.27. The summed E-state index contributed by atoms with van der Waals surface area (Å²) >= 11 is 0. The lowest BCUT2D eigenvalue weighted by Gasteiger charge is -2.19. The Kier molecular flexibility index (Phi) is 8.54. The molecule has 0 heterocycles. The van der Waals surface area contributed by atoms with E-state index in [1.54, 1.807) is 20.8 Å². The van der Waals surface area contributed by atoms with E-state index in [-0.39, 0.29) is 30.9 Å². The predicted molar refractivity (Wildman–Crippen MR) is 123 cm³/mol. The van der Waals surface area contributed by atoms with Crippen molar-refractivity contribution in [1.29, 1.82) is 0 Å². The molecule has 0 aliphatic carbocycles. The molecule has 0 bridgehead atoms. The first-order valence-electron chi connectivity index (χ1n) is 10.1. The molecule has 0 saturated carbocycles. The minimum Gasteiger partial charge on any atom is -0.444 e. The first-order chi connectivity index (χ1) is 15.8. The Hall–Kier alpha value is -3.71. The summed E-state index contributed by atoms with van der Waals surface area (Å²) in [6.45, 7) is 4.94. The van der Waals surface area contributed by atoms with Crippen molar-refractivity contribution >= 4 is 33.4 Å².